The first-order chi connectivity index (χ1) is 10.1. The maximum Gasteiger partial charge on any atom is 0.220 e. The summed E-state index contributed by atoms with van der Waals surface area (Å²) in [7, 11) is 0. The van der Waals surface area contributed by atoms with Crippen molar-refractivity contribution in [2.75, 3.05) is 6.61 Å². The van der Waals surface area contributed by atoms with E-state index in [-0.39, 0.29) is 11.9 Å². The zero-order chi connectivity index (χ0) is 15.1. The highest BCUT2D eigenvalue weighted by Crippen LogP contribution is 2.15. The number of rotatable bonds is 7. The van der Waals surface area contributed by atoms with Gasteiger partial charge in [0.15, 0.2) is 0 Å². The molecule has 2 rings (SSSR count). The quantitative estimate of drug-likeness (QED) is 0.797. The second-order valence-corrected chi connectivity index (χ2v) is 5.91. The summed E-state index contributed by atoms with van der Waals surface area (Å²) in [6.07, 6.45) is 1.16. The summed E-state index contributed by atoms with van der Waals surface area (Å²) in [6.45, 7) is 4.46. The van der Waals surface area contributed by atoms with E-state index in [0.717, 1.165) is 16.5 Å². The molecule has 0 unspecified atom stereocenters. The van der Waals surface area contributed by atoms with Gasteiger partial charge in [-0.25, -0.2) is 4.98 Å². The smallest absolute Gasteiger partial charge is 0.220 e. The summed E-state index contributed by atoms with van der Waals surface area (Å²) >= 11 is 1.60. The molecule has 0 spiro atoms. The lowest BCUT2D eigenvalue weighted by Gasteiger charge is -2.11. The highest BCUT2D eigenvalue weighted by atomic mass is 32.1. The third kappa shape index (κ3) is 5.19. The van der Waals surface area contributed by atoms with Gasteiger partial charge < -0.3 is 10.1 Å². The minimum absolute atomic E-state index is 0.0322. The molecule has 1 heterocycles. The van der Waals surface area contributed by atoms with E-state index in [4.69, 9.17) is 4.74 Å². The lowest BCUT2D eigenvalue weighted by molar-refractivity contribution is -0.122. The van der Waals surface area contributed by atoms with Crippen LogP contribution in [0.4, 0.5) is 0 Å². The summed E-state index contributed by atoms with van der Waals surface area (Å²) in [5.41, 5.74) is 0.923. The molecule has 1 aromatic heterocycles. The van der Waals surface area contributed by atoms with Crippen LogP contribution in [0.1, 0.15) is 36.5 Å². The second-order valence-electron chi connectivity index (χ2n) is 4.85. The van der Waals surface area contributed by atoms with Gasteiger partial charge >= 0.3 is 0 Å². The normalized spacial score (nSPS) is 11.9. The van der Waals surface area contributed by atoms with Crippen molar-refractivity contribution in [2.45, 2.75) is 32.7 Å². The molecule has 0 fully saturated rings. The third-order valence-corrected chi connectivity index (χ3v) is 3.81. The molecule has 0 radical (unpaired) electrons. The summed E-state index contributed by atoms with van der Waals surface area (Å²) < 4.78 is 5.56. The van der Waals surface area contributed by atoms with Gasteiger partial charge in [0.25, 0.3) is 0 Å². The zero-order valence-corrected chi connectivity index (χ0v) is 13.2. The molecule has 5 heteroatoms. The fraction of sp³-hybridized carbons (Fsp3) is 0.375. The van der Waals surface area contributed by atoms with Gasteiger partial charge in [-0.1, -0.05) is 18.2 Å². The number of thiazole rings is 1. The van der Waals surface area contributed by atoms with Crippen molar-refractivity contribution in [3.05, 3.63) is 46.4 Å². The van der Waals surface area contributed by atoms with E-state index in [1.165, 1.54) is 0 Å². The molecule has 0 saturated carbocycles. The number of hydrogen-bond donors (Lipinski definition) is 1. The summed E-state index contributed by atoms with van der Waals surface area (Å²) in [6, 6.07) is 9.58. The first kappa shape index (κ1) is 15.5. The lowest BCUT2D eigenvalue weighted by atomic mass is 10.2. The van der Waals surface area contributed by atoms with Gasteiger partial charge in [-0.2, -0.15) is 0 Å². The number of hydrogen-bond acceptors (Lipinski definition) is 4. The van der Waals surface area contributed by atoms with E-state index in [1.54, 1.807) is 11.3 Å². The van der Waals surface area contributed by atoms with Crippen molar-refractivity contribution in [1.82, 2.24) is 10.3 Å². The molecule has 0 bridgehead atoms. The van der Waals surface area contributed by atoms with Crippen LogP contribution in [0.15, 0.2) is 35.7 Å². The van der Waals surface area contributed by atoms with Crippen molar-refractivity contribution in [3.63, 3.8) is 0 Å². The molecule has 1 atom stereocenters. The molecule has 0 aliphatic rings. The van der Waals surface area contributed by atoms with E-state index < -0.39 is 0 Å². The van der Waals surface area contributed by atoms with Crippen molar-refractivity contribution < 1.29 is 9.53 Å². The maximum absolute atomic E-state index is 11.9. The van der Waals surface area contributed by atoms with E-state index in [9.17, 15) is 4.79 Å². The minimum atomic E-state index is -0.0440. The van der Waals surface area contributed by atoms with Crippen LogP contribution in [0.25, 0.3) is 0 Å². The van der Waals surface area contributed by atoms with E-state index in [0.29, 0.717) is 19.4 Å². The van der Waals surface area contributed by atoms with Gasteiger partial charge in [-0.15, -0.1) is 11.3 Å². The van der Waals surface area contributed by atoms with Crippen LogP contribution in [0.3, 0.4) is 0 Å². The largest absolute Gasteiger partial charge is 0.494 e. The minimum Gasteiger partial charge on any atom is -0.494 e. The number of aryl methyl sites for hydroxylation is 1. The Morgan fingerprint density at radius 1 is 1.38 bits per heavy atom. The molecule has 112 valence electrons. The number of carbonyl (C=O) groups is 1. The second kappa shape index (κ2) is 7.78. The average Bonchev–Trinajstić information content (AvgIpc) is 2.91. The number of ether oxygens (including phenoxy) is 1. The Balaban J connectivity index is 1.65. The molecule has 21 heavy (non-hydrogen) atoms. The van der Waals surface area contributed by atoms with E-state index in [1.807, 2.05) is 49.6 Å². The van der Waals surface area contributed by atoms with Gasteiger partial charge in [0.2, 0.25) is 5.91 Å². The Morgan fingerprint density at radius 3 is 2.81 bits per heavy atom. The Morgan fingerprint density at radius 2 is 2.14 bits per heavy atom. The number of carbonyl (C=O) groups excluding carboxylic acids is 1. The zero-order valence-electron chi connectivity index (χ0n) is 12.3. The lowest BCUT2D eigenvalue weighted by Crippen LogP contribution is -2.26. The van der Waals surface area contributed by atoms with Gasteiger partial charge in [-0.3, -0.25) is 4.79 Å². The van der Waals surface area contributed by atoms with Crippen LogP contribution >= 0.6 is 11.3 Å². The predicted molar refractivity (Wildman–Crippen MR) is 84.6 cm³/mol. The molecule has 1 N–H and O–H groups in total. The van der Waals surface area contributed by atoms with Crippen LogP contribution in [0.5, 0.6) is 5.75 Å². The van der Waals surface area contributed by atoms with Gasteiger partial charge in [0.05, 0.1) is 23.4 Å². The number of nitrogens with zero attached hydrogens (tertiary/aromatic N) is 1. The van der Waals surface area contributed by atoms with Crippen molar-refractivity contribution in [1.29, 1.82) is 0 Å². The van der Waals surface area contributed by atoms with Gasteiger partial charge in [0, 0.05) is 11.8 Å². The van der Waals surface area contributed by atoms with Crippen LogP contribution in [-0.2, 0) is 4.79 Å². The number of benzene rings is 1. The predicted octanol–water partition coefficient (Wildman–Crippen LogP) is 3.49. The maximum atomic E-state index is 11.9. The third-order valence-electron chi connectivity index (χ3n) is 3.02. The van der Waals surface area contributed by atoms with Crippen LogP contribution in [-0.4, -0.2) is 17.5 Å². The number of amides is 1. The van der Waals surface area contributed by atoms with E-state index in [2.05, 4.69) is 10.3 Å². The standard InChI is InChI=1S/C16H20N2O2S/c1-12(15-11-21-13(2)18-15)17-16(19)9-6-10-20-14-7-4-3-5-8-14/h3-5,7-8,11-12H,6,9-10H2,1-2H3,(H,17,19)/t12-/m0/s1. The van der Waals surface area contributed by atoms with E-state index >= 15 is 0 Å². The van der Waals surface area contributed by atoms with Crippen LogP contribution in [0.2, 0.25) is 0 Å². The van der Waals surface area contributed by atoms with Crippen LogP contribution < -0.4 is 10.1 Å². The van der Waals surface area contributed by atoms with Crippen molar-refractivity contribution in [2.24, 2.45) is 0 Å². The SMILES string of the molecule is Cc1nc([C@H](C)NC(=O)CCCOc2ccccc2)cs1. The number of para-hydroxylation sites is 1. The Labute approximate surface area is 129 Å². The monoisotopic (exact) mass is 304 g/mol. The Kier molecular flexibility index (Phi) is 5.75. The summed E-state index contributed by atoms with van der Waals surface area (Å²) in [5.74, 6) is 0.869. The highest BCUT2D eigenvalue weighted by molar-refractivity contribution is 7.09. The Hall–Kier alpha value is -1.88. The van der Waals surface area contributed by atoms with Crippen molar-refractivity contribution in [3.8, 4) is 5.75 Å². The highest BCUT2D eigenvalue weighted by Gasteiger charge is 2.11. The first-order valence-corrected chi connectivity index (χ1v) is 7.92. The fourth-order valence-corrected chi connectivity index (χ4v) is 2.61. The summed E-state index contributed by atoms with van der Waals surface area (Å²) in [4.78, 5) is 16.2. The van der Waals surface area contributed by atoms with Crippen molar-refractivity contribution >= 4 is 17.2 Å². The molecule has 0 aliphatic heterocycles. The van der Waals surface area contributed by atoms with Gasteiger partial charge in [-0.05, 0) is 32.4 Å². The molecule has 0 saturated heterocycles. The topological polar surface area (TPSA) is 51.2 Å². The molecule has 1 amide bonds. The molecular formula is C16H20N2O2S. The van der Waals surface area contributed by atoms with Gasteiger partial charge in [0.1, 0.15) is 5.75 Å². The number of nitrogens with one attached hydrogen (secondary N) is 1. The van der Waals surface area contributed by atoms with Crippen LogP contribution in [0, 0.1) is 6.92 Å². The fourth-order valence-electron chi connectivity index (χ4n) is 1.91. The number of aromatic nitrogens is 1. The molecule has 4 nitrogen and oxygen atoms in total. The molecule has 1 aromatic carbocycles. The molecular weight excluding hydrogens is 284 g/mol. The average molecular weight is 304 g/mol. The Bertz CT molecular complexity index is 569. The molecule has 2 aromatic rings. The molecule has 0 aliphatic carbocycles. The summed E-state index contributed by atoms with van der Waals surface area (Å²) in [5, 5.41) is 5.96. The first-order valence-electron chi connectivity index (χ1n) is 7.04.